The summed E-state index contributed by atoms with van der Waals surface area (Å²) >= 11 is 0. The molecule has 0 aromatic heterocycles. The maximum absolute atomic E-state index is 12.0. The van der Waals surface area contributed by atoms with E-state index in [0.29, 0.717) is 23.7 Å². The van der Waals surface area contributed by atoms with E-state index in [2.05, 4.69) is 17.1 Å². The van der Waals surface area contributed by atoms with E-state index in [1.807, 2.05) is 7.05 Å². The molecule has 5 nitrogen and oxygen atoms in total. The minimum Gasteiger partial charge on any atom is -0.495 e. The number of hydrogen-bond donors (Lipinski definition) is 2. The topological polar surface area (TPSA) is 67.6 Å². The molecular formula is C15H23N3O2. The van der Waals surface area contributed by atoms with E-state index < -0.39 is 0 Å². The minimum atomic E-state index is -0.0512. The van der Waals surface area contributed by atoms with E-state index in [-0.39, 0.29) is 5.91 Å². The Morgan fingerprint density at radius 2 is 2.25 bits per heavy atom. The average Bonchev–Trinajstić information content (AvgIpc) is 3.04. The Balaban J connectivity index is 1.88. The molecule has 2 rings (SSSR count). The van der Waals surface area contributed by atoms with E-state index in [0.717, 1.165) is 18.4 Å². The van der Waals surface area contributed by atoms with Crippen LogP contribution in [0.15, 0.2) is 18.2 Å². The van der Waals surface area contributed by atoms with Gasteiger partial charge in [0.15, 0.2) is 0 Å². The van der Waals surface area contributed by atoms with Gasteiger partial charge in [-0.15, -0.1) is 0 Å². The van der Waals surface area contributed by atoms with Crippen LogP contribution in [-0.4, -0.2) is 38.1 Å². The lowest BCUT2D eigenvalue weighted by Gasteiger charge is -2.17. The van der Waals surface area contributed by atoms with Gasteiger partial charge in [0.05, 0.1) is 19.3 Å². The Kier molecular flexibility index (Phi) is 4.49. The van der Waals surface area contributed by atoms with E-state index in [1.165, 1.54) is 6.42 Å². The fourth-order valence-corrected chi connectivity index (χ4v) is 2.38. The number of methoxy groups -OCH3 is 1. The number of benzene rings is 1. The molecule has 1 aromatic rings. The zero-order chi connectivity index (χ0) is 14.7. The maximum Gasteiger partial charge on any atom is 0.238 e. The molecule has 0 heterocycles. The van der Waals surface area contributed by atoms with Crippen molar-refractivity contribution in [2.24, 2.45) is 11.8 Å². The van der Waals surface area contributed by atoms with Gasteiger partial charge in [0.25, 0.3) is 0 Å². The van der Waals surface area contributed by atoms with Crippen LogP contribution >= 0.6 is 0 Å². The molecule has 1 aliphatic carbocycles. The summed E-state index contributed by atoms with van der Waals surface area (Å²) in [7, 11) is 3.54. The van der Waals surface area contributed by atoms with Gasteiger partial charge in [0.2, 0.25) is 5.91 Å². The second-order valence-electron chi connectivity index (χ2n) is 5.68. The van der Waals surface area contributed by atoms with E-state index >= 15 is 0 Å². The van der Waals surface area contributed by atoms with Crippen molar-refractivity contribution >= 4 is 17.3 Å². The Labute approximate surface area is 120 Å². The maximum atomic E-state index is 12.0. The zero-order valence-electron chi connectivity index (χ0n) is 12.3. The van der Waals surface area contributed by atoms with Crippen molar-refractivity contribution in [1.82, 2.24) is 4.90 Å². The van der Waals surface area contributed by atoms with E-state index in [1.54, 1.807) is 25.3 Å². The lowest BCUT2D eigenvalue weighted by atomic mass is 10.2. The number of nitrogens with one attached hydrogen (secondary N) is 1. The quantitative estimate of drug-likeness (QED) is 0.778. The van der Waals surface area contributed by atoms with Crippen LogP contribution < -0.4 is 15.8 Å². The van der Waals surface area contributed by atoms with Crippen LogP contribution in [0.5, 0.6) is 5.75 Å². The molecule has 5 heteroatoms. The number of nitrogen functional groups attached to an aromatic ring is 1. The number of likely N-dealkylation sites (N-methyl/N-ethyl adjacent to an activating group) is 1. The highest BCUT2D eigenvalue weighted by Crippen LogP contribution is 2.37. The molecule has 0 spiro atoms. The predicted molar refractivity (Wildman–Crippen MR) is 80.8 cm³/mol. The fourth-order valence-electron chi connectivity index (χ4n) is 2.38. The molecule has 110 valence electrons. The Hall–Kier alpha value is -1.75. The van der Waals surface area contributed by atoms with Gasteiger partial charge in [0, 0.05) is 12.2 Å². The van der Waals surface area contributed by atoms with Gasteiger partial charge in [-0.25, -0.2) is 0 Å². The third kappa shape index (κ3) is 3.87. The van der Waals surface area contributed by atoms with Crippen LogP contribution in [0, 0.1) is 11.8 Å². The smallest absolute Gasteiger partial charge is 0.238 e. The number of carbonyl (C=O) groups excluding carboxylic acids is 1. The second kappa shape index (κ2) is 6.13. The molecule has 0 saturated heterocycles. The Bertz CT molecular complexity index is 490. The lowest BCUT2D eigenvalue weighted by molar-refractivity contribution is -0.117. The number of anilines is 2. The largest absolute Gasteiger partial charge is 0.495 e. The van der Waals surface area contributed by atoms with E-state index in [9.17, 15) is 4.79 Å². The van der Waals surface area contributed by atoms with Crippen molar-refractivity contribution in [3.63, 3.8) is 0 Å². The molecule has 1 fully saturated rings. The Morgan fingerprint density at radius 3 is 2.85 bits per heavy atom. The first-order valence-corrected chi connectivity index (χ1v) is 6.91. The predicted octanol–water partition coefficient (Wildman–Crippen LogP) is 1.80. The molecule has 20 heavy (non-hydrogen) atoms. The van der Waals surface area contributed by atoms with Crippen LogP contribution in [0.1, 0.15) is 13.3 Å². The number of amides is 1. The van der Waals surface area contributed by atoms with Crippen LogP contribution in [0.4, 0.5) is 11.4 Å². The summed E-state index contributed by atoms with van der Waals surface area (Å²) in [6.07, 6.45) is 1.27. The van der Waals surface area contributed by atoms with Crippen molar-refractivity contribution in [2.45, 2.75) is 13.3 Å². The molecule has 0 radical (unpaired) electrons. The summed E-state index contributed by atoms with van der Waals surface area (Å²) < 4.78 is 5.21. The fraction of sp³-hybridized carbons (Fsp3) is 0.533. The number of hydrogen-bond acceptors (Lipinski definition) is 4. The monoisotopic (exact) mass is 277 g/mol. The van der Waals surface area contributed by atoms with Crippen LogP contribution in [0.2, 0.25) is 0 Å². The summed E-state index contributed by atoms with van der Waals surface area (Å²) in [6.45, 7) is 3.60. The van der Waals surface area contributed by atoms with Crippen molar-refractivity contribution < 1.29 is 9.53 Å². The normalized spacial score (nSPS) is 20.8. The first kappa shape index (κ1) is 14.7. The van der Waals surface area contributed by atoms with Gasteiger partial charge in [0.1, 0.15) is 5.75 Å². The van der Waals surface area contributed by atoms with Crippen molar-refractivity contribution in [2.75, 3.05) is 38.3 Å². The number of nitrogens with zero attached hydrogens (tertiary/aromatic N) is 1. The van der Waals surface area contributed by atoms with Crippen molar-refractivity contribution in [1.29, 1.82) is 0 Å². The SMILES string of the molecule is COc1ccc(N)cc1NC(=O)CN(C)CC1CC1C. The molecule has 1 amide bonds. The molecular weight excluding hydrogens is 254 g/mol. The van der Waals surface area contributed by atoms with Crippen LogP contribution in [-0.2, 0) is 4.79 Å². The van der Waals surface area contributed by atoms with Gasteiger partial charge < -0.3 is 15.8 Å². The number of ether oxygens (including phenoxy) is 1. The summed E-state index contributed by atoms with van der Waals surface area (Å²) in [4.78, 5) is 14.1. The standard InChI is InChI=1S/C15H23N3O2/c1-10-6-11(10)8-18(2)9-15(19)17-13-7-12(16)4-5-14(13)20-3/h4-5,7,10-11H,6,8-9,16H2,1-3H3,(H,17,19). The second-order valence-corrected chi connectivity index (χ2v) is 5.68. The summed E-state index contributed by atoms with van der Waals surface area (Å²) in [5.41, 5.74) is 6.95. The highest BCUT2D eigenvalue weighted by atomic mass is 16.5. The number of rotatable bonds is 6. The molecule has 0 aliphatic heterocycles. The molecule has 1 aliphatic rings. The van der Waals surface area contributed by atoms with Gasteiger partial charge >= 0.3 is 0 Å². The first-order chi connectivity index (χ1) is 9.49. The van der Waals surface area contributed by atoms with Crippen LogP contribution in [0.25, 0.3) is 0 Å². The van der Waals surface area contributed by atoms with Gasteiger partial charge in [-0.2, -0.15) is 0 Å². The average molecular weight is 277 g/mol. The molecule has 2 unspecified atom stereocenters. The van der Waals surface area contributed by atoms with E-state index in [4.69, 9.17) is 10.5 Å². The zero-order valence-corrected chi connectivity index (χ0v) is 12.3. The van der Waals surface area contributed by atoms with Gasteiger partial charge in [-0.05, 0) is 43.5 Å². The first-order valence-electron chi connectivity index (χ1n) is 6.91. The van der Waals surface area contributed by atoms with Crippen molar-refractivity contribution in [3.05, 3.63) is 18.2 Å². The Morgan fingerprint density at radius 1 is 1.55 bits per heavy atom. The highest BCUT2D eigenvalue weighted by molar-refractivity contribution is 5.94. The summed E-state index contributed by atoms with van der Waals surface area (Å²) in [5.74, 6) is 2.11. The van der Waals surface area contributed by atoms with Gasteiger partial charge in [-0.3, -0.25) is 9.69 Å². The number of carbonyl (C=O) groups is 1. The molecule has 1 saturated carbocycles. The third-order valence-corrected chi connectivity index (χ3v) is 3.73. The van der Waals surface area contributed by atoms with Gasteiger partial charge in [-0.1, -0.05) is 6.92 Å². The van der Waals surface area contributed by atoms with Crippen LogP contribution in [0.3, 0.4) is 0 Å². The third-order valence-electron chi connectivity index (χ3n) is 3.73. The number of nitrogens with two attached hydrogens (primary N) is 1. The molecule has 1 aromatic carbocycles. The summed E-state index contributed by atoms with van der Waals surface area (Å²) in [5, 5.41) is 2.85. The highest BCUT2D eigenvalue weighted by Gasteiger charge is 2.33. The minimum absolute atomic E-state index is 0.0512. The van der Waals surface area contributed by atoms with Crippen molar-refractivity contribution in [3.8, 4) is 5.75 Å². The molecule has 2 atom stereocenters. The summed E-state index contributed by atoms with van der Waals surface area (Å²) in [6, 6.07) is 5.20. The lowest BCUT2D eigenvalue weighted by Crippen LogP contribution is -2.31. The molecule has 0 bridgehead atoms. The molecule has 3 N–H and O–H groups in total.